The minimum Gasteiger partial charge on any atom is -0.508 e. The maximum absolute atomic E-state index is 12.8. The van der Waals surface area contributed by atoms with Gasteiger partial charge in [-0.25, -0.2) is 14.4 Å². The van der Waals surface area contributed by atoms with Gasteiger partial charge in [0.05, 0.1) is 30.9 Å². The van der Waals surface area contributed by atoms with Gasteiger partial charge in [-0.05, 0) is 253 Å². The van der Waals surface area contributed by atoms with E-state index in [4.69, 9.17) is 50.9 Å². The molecule has 139 heavy (non-hydrogen) atoms. The Bertz CT molecular complexity index is 6320. The largest absolute Gasteiger partial charge is 1.00 e. The number of carbonyl (C=O) groups excluding carboxylic acids is 4. The summed E-state index contributed by atoms with van der Waals surface area (Å²) < 4.78 is 9.31. The molecule has 15 aromatic rings. The Hall–Kier alpha value is -15.5. The number of carbonyl (C=O) groups is 7. The summed E-state index contributed by atoms with van der Waals surface area (Å²) in [6.45, 7) is 24.6. The molecular weight excluding hydrogens is 1800 g/mol. The topological polar surface area (TPSA) is 517 Å². The number of aliphatic carboxylic acids is 2. The molecule has 0 aromatic heterocycles. The van der Waals surface area contributed by atoms with Crippen molar-refractivity contribution in [2.45, 2.75) is 102 Å². The number of amides is 2. The van der Waals surface area contributed by atoms with Crippen LogP contribution in [0.1, 0.15) is 154 Å². The Morgan fingerprint density at radius 3 is 0.950 bits per heavy atom. The summed E-state index contributed by atoms with van der Waals surface area (Å²) in [6, 6.07) is 89.5. The Labute approximate surface area is 850 Å². The number of nitrogens with two attached hydrogens (primary N) is 1. The van der Waals surface area contributed by atoms with Crippen molar-refractivity contribution in [3.63, 3.8) is 0 Å². The molecule has 33 heteroatoms. The first-order valence-corrected chi connectivity index (χ1v) is 43.2. The fourth-order valence-corrected chi connectivity index (χ4v) is 12.8. The average molecular weight is 1910 g/mol. The molecule has 0 atom stereocenters. The van der Waals surface area contributed by atoms with Crippen LogP contribution in [0, 0.1) is 30.0 Å². The first-order chi connectivity index (χ1) is 66.1. The van der Waals surface area contributed by atoms with Gasteiger partial charge >= 0.3 is 77.0 Å². The van der Waals surface area contributed by atoms with Crippen molar-refractivity contribution in [2.75, 3.05) is 48.6 Å². The molecule has 0 spiro atoms. The van der Waals surface area contributed by atoms with Gasteiger partial charge in [-0.1, -0.05) is 215 Å². The zero-order chi connectivity index (χ0) is 102. The van der Waals surface area contributed by atoms with E-state index < -0.39 is 23.9 Å². The van der Waals surface area contributed by atoms with Crippen LogP contribution >= 0.6 is 0 Å². The van der Waals surface area contributed by atoms with Crippen LogP contribution in [0.4, 0.5) is 34.1 Å². The Morgan fingerprint density at radius 2 is 0.619 bits per heavy atom. The summed E-state index contributed by atoms with van der Waals surface area (Å²) in [6.07, 6.45) is 4.03. The fraction of sp³-hybridized carbons (Fsp3) is 0.179. The molecule has 1 aliphatic rings. The van der Waals surface area contributed by atoms with Crippen molar-refractivity contribution < 1.29 is 143 Å². The summed E-state index contributed by atoms with van der Waals surface area (Å²) in [7, 11) is 2.63. The number of anilines is 4. The Kier molecular flexibility index (Phi) is 61.6. The first kappa shape index (κ1) is 123. The van der Waals surface area contributed by atoms with E-state index in [0.717, 1.165) is 85.1 Å². The maximum Gasteiger partial charge on any atom is 1.00 e. The molecule has 12 N–H and O–H groups in total. The van der Waals surface area contributed by atoms with Crippen molar-refractivity contribution in [3.8, 4) is 51.0 Å². The number of hydrogen-bond donors (Lipinski definition) is 11. The molecule has 2 amide bonds. The van der Waals surface area contributed by atoms with Gasteiger partial charge in [-0.2, -0.15) is 0 Å². The van der Waals surface area contributed by atoms with E-state index in [-0.39, 0.29) is 123 Å². The predicted molar refractivity (Wildman–Crippen MR) is 547 cm³/mol. The molecule has 0 radical (unpaired) electrons. The molecule has 0 bridgehead atoms. The monoisotopic (exact) mass is 1910 g/mol. The van der Waals surface area contributed by atoms with Crippen molar-refractivity contribution in [2.24, 2.45) is 21.0 Å². The number of methoxy groups -OCH3 is 2. The zero-order valence-electron chi connectivity index (χ0n) is 80.4. The summed E-state index contributed by atoms with van der Waals surface area (Å²) in [4.78, 5) is 117. The molecule has 1 saturated heterocycles. The molecule has 1 fully saturated rings. The molecule has 1 heterocycles. The van der Waals surface area contributed by atoms with E-state index >= 15 is 0 Å². The smallest absolute Gasteiger partial charge is 0.508 e. The first-order valence-electron chi connectivity index (χ1n) is 43.2. The van der Waals surface area contributed by atoms with Crippen LogP contribution in [-0.4, -0.2) is 110 Å². The van der Waals surface area contributed by atoms with Gasteiger partial charge in [0.25, 0.3) is 23.8 Å². The van der Waals surface area contributed by atoms with E-state index in [1.807, 2.05) is 197 Å². The Balaban J connectivity index is 0.00000159. The number of carboxylic acid groups (broad SMARTS) is 3. The van der Waals surface area contributed by atoms with Crippen LogP contribution in [0.3, 0.4) is 0 Å². The number of nitrogens with one attached hydrogen (secondary N) is 2. The molecule has 0 saturated carbocycles. The third-order valence-electron chi connectivity index (χ3n) is 18.4. The molecule has 16 rings (SSSR count). The third kappa shape index (κ3) is 40.5. The standard InChI is InChI=1S/C23H16N2O3.C23H17NO2.C12H9NO4.C12H10O3.C11H16N2.C11H8O3.2C2H4O2.5C2H6.2HNO2.2Na/c26-21-14-13-18-19(22(21)25-28)7-4-8-20(18)23(27)24-17-11-9-16(10-12-17)15-5-2-1-3-6-15;25-20-13-14-21-18(15-20)7-4-8-22(21)23(26)24-19-11-9-17(10-12-19)16-5-2-1-3-6-16;1-17-12(15)9-4-2-3-8-7(9)5-6-10(14)11(8)13-16;1-15-12(14)11-4-2-3-8-7-9(13)5-6-10(8)11;12-10-4-6-11(7-5-10)13-8-2-1-3-9-13;12-8-4-5-9-7(6-8)2-1-3-10(9)11(13)14;2*1-2(3)4;5*1-2;2*2-1-3;;/h1-14,26H,(H,24,27);1-15,25H,(H,24,26);2-6,14H,1H3;2-7,13H,1H3;4-7H,1-3,8-9,12H2;1-6,12H,(H,13,14);2*1H3,(H,3,4);5*1-2H3;2*(H,2,3);;/q;;;;;;;;;;;;;;;2*+1/p-2. The number of esters is 2. The number of aromatic carboxylic acids is 1. The van der Waals surface area contributed by atoms with E-state index in [2.05, 4.69) is 59.6 Å². The molecule has 31 nitrogen and oxygen atoms in total. The number of hydrogen-bond acceptors (Lipinski definition) is 26. The SMILES string of the molecule is CC.CC.CC.CC.CC.CC(=O)O.CC(=O)O.COC(=O)c1cccc2c(N=O)c(O)ccc12.COC(=O)c1cccc2cc(O)ccc12.Nc1ccc(N2CCCCC2)cc1.O=C(Nc1ccc(-c2ccccc2)cc1)c1cccc2cc(O)ccc12.O=C(O)c1cccc2cc(O)ccc12.O=N[O-].O=N[O-].O=Nc1c(O)ccc2c(C(=O)Nc3ccc(-c4ccccc4)cc3)cccc12.[Na+].[Na+]. The van der Waals surface area contributed by atoms with Gasteiger partial charge in [0.2, 0.25) is 0 Å². The normalized spacial score (nSPS) is 9.87. The number of phenols is 5. The number of benzene rings is 15. The van der Waals surface area contributed by atoms with Crippen LogP contribution in [0.15, 0.2) is 324 Å². The summed E-state index contributed by atoms with van der Waals surface area (Å²) >= 11 is 0. The average Bonchev–Trinajstić information content (AvgIpc) is 0.798. The summed E-state index contributed by atoms with van der Waals surface area (Å²) in [5, 5.41) is 107. The number of nitroso groups, excluding NO2 is 2. The number of nitrogens with zero attached hydrogens (tertiary/aromatic N) is 5. The molecule has 15 aromatic carbocycles. The number of ether oxygens (including phenoxy) is 2. The minimum absolute atomic E-state index is 0. The molecule has 1 aliphatic heterocycles. The number of rotatable bonds is 12. The van der Waals surface area contributed by atoms with E-state index in [1.54, 1.807) is 133 Å². The molecule has 0 unspecified atom stereocenters. The second-order valence-electron chi connectivity index (χ2n) is 26.9. The Morgan fingerprint density at radius 1 is 0.338 bits per heavy atom. The van der Waals surface area contributed by atoms with Crippen molar-refractivity contribution >= 4 is 130 Å². The van der Waals surface area contributed by atoms with Crippen LogP contribution in [0.25, 0.3) is 76.1 Å². The van der Waals surface area contributed by atoms with Gasteiger partial charge in [-0.15, -0.1) is 20.5 Å². The van der Waals surface area contributed by atoms with Crippen molar-refractivity contribution in [3.05, 3.63) is 361 Å². The summed E-state index contributed by atoms with van der Waals surface area (Å²) in [5.74, 6) is -3.89. The predicted octanol–water partition coefficient (Wildman–Crippen LogP) is 20.7. The number of phenolic OH excluding ortho intramolecular Hbond substituents is 5. The van der Waals surface area contributed by atoms with Crippen LogP contribution in [0.5, 0.6) is 28.7 Å². The van der Waals surface area contributed by atoms with E-state index in [9.17, 15) is 59.3 Å². The number of carboxylic acids is 3. The number of fused-ring (bicyclic) bond motifs is 5. The van der Waals surface area contributed by atoms with Crippen LogP contribution < -0.4 is 80.4 Å². The van der Waals surface area contributed by atoms with E-state index in [1.165, 1.54) is 70.5 Å². The van der Waals surface area contributed by atoms with Crippen molar-refractivity contribution in [1.29, 1.82) is 0 Å². The van der Waals surface area contributed by atoms with Gasteiger partial charge in [-0.3, -0.25) is 19.2 Å². The van der Waals surface area contributed by atoms with Gasteiger partial charge < -0.3 is 91.8 Å². The summed E-state index contributed by atoms with van der Waals surface area (Å²) in [5.41, 5.74) is 15.5. The van der Waals surface area contributed by atoms with Gasteiger partial charge in [0, 0.05) is 71.6 Å². The molecule has 0 aliphatic carbocycles. The fourth-order valence-electron chi connectivity index (χ4n) is 12.8. The number of aromatic hydroxyl groups is 5. The van der Waals surface area contributed by atoms with Gasteiger partial charge in [0.15, 0.2) is 11.4 Å². The molecule has 718 valence electrons. The zero-order valence-corrected chi connectivity index (χ0v) is 84.4. The quantitative estimate of drug-likeness (QED) is 0.0178. The van der Waals surface area contributed by atoms with Crippen molar-refractivity contribution in [1.82, 2.24) is 0 Å². The minimum atomic E-state index is -0.957. The third-order valence-corrected chi connectivity index (χ3v) is 18.4. The van der Waals surface area contributed by atoms with Gasteiger partial charge in [0.1, 0.15) is 28.7 Å². The second-order valence-corrected chi connectivity index (χ2v) is 26.9. The van der Waals surface area contributed by atoms with Crippen LogP contribution in [0.2, 0.25) is 0 Å². The van der Waals surface area contributed by atoms with E-state index in [0.29, 0.717) is 54.9 Å². The maximum atomic E-state index is 12.8. The number of piperidine rings is 1. The second kappa shape index (κ2) is 69.3. The number of nitrogen functional groups attached to an aromatic ring is 1. The molecular formula is C106H114N8Na2O23. The van der Waals surface area contributed by atoms with Crippen LogP contribution in [-0.2, 0) is 19.1 Å².